The van der Waals surface area contributed by atoms with Crippen LogP contribution in [0.3, 0.4) is 0 Å². The summed E-state index contributed by atoms with van der Waals surface area (Å²) in [7, 11) is 1.36. The number of methoxy groups -OCH3 is 1. The van der Waals surface area contributed by atoms with E-state index in [-0.39, 0.29) is 23.8 Å². The summed E-state index contributed by atoms with van der Waals surface area (Å²) in [5.41, 5.74) is -0.414. The molecule has 0 spiro atoms. The summed E-state index contributed by atoms with van der Waals surface area (Å²) in [6.45, 7) is 2.74. The van der Waals surface area contributed by atoms with Crippen LogP contribution in [0, 0.1) is 11.8 Å². The quantitative estimate of drug-likeness (QED) is 0.616. The third-order valence-electron chi connectivity index (χ3n) is 6.12. The Morgan fingerprint density at radius 1 is 1.24 bits per heavy atom. The molecule has 3 heterocycles. The lowest BCUT2D eigenvalue weighted by molar-refractivity contribution is -0.156. The van der Waals surface area contributed by atoms with Crippen LogP contribution in [0.2, 0.25) is 0 Å². The van der Waals surface area contributed by atoms with E-state index in [1.807, 2.05) is 13.0 Å². The maximum absolute atomic E-state index is 13.3. The highest BCUT2D eigenvalue weighted by molar-refractivity contribution is 6.24. The molecule has 0 saturated carbocycles. The Morgan fingerprint density at radius 3 is 2.60 bits per heavy atom. The summed E-state index contributed by atoms with van der Waals surface area (Å²) in [5, 5.41) is 0. The Bertz CT molecular complexity index is 734. The SMILES string of the molecule is CC[C@H]1[C@H]2C(=O)N(c3ccccc3)C(=O)[C@H]2[C@@]2(C(=O)OC)CCCN12. The summed E-state index contributed by atoms with van der Waals surface area (Å²) >= 11 is 0. The third kappa shape index (κ3) is 1.91. The van der Waals surface area contributed by atoms with Crippen LogP contribution < -0.4 is 4.90 Å². The van der Waals surface area contributed by atoms with Crippen molar-refractivity contribution >= 4 is 23.5 Å². The van der Waals surface area contributed by atoms with Crippen LogP contribution in [-0.2, 0) is 19.1 Å². The molecule has 0 aromatic heterocycles. The lowest BCUT2D eigenvalue weighted by Gasteiger charge is -2.35. The lowest BCUT2D eigenvalue weighted by atomic mass is 9.78. The molecule has 0 N–H and O–H groups in total. The first-order valence-corrected chi connectivity index (χ1v) is 8.86. The molecule has 0 bridgehead atoms. The highest BCUT2D eigenvalue weighted by atomic mass is 16.5. The minimum Gasteiger partial charge on any atom is -0.468 e. The molecule has 0 radical (unpaired) electrons. The highest BCUT2D eigenvalue weighted by Crippen LogP contribution is 2.55. The van der Waals surface area contributed by atoms with Gasteiger partial charge in [0, 0.05) is 6.04 Å². The minimum absolute atomic E-state index is 0.100. The van der Waals surface area contributed by atoms with Crippen molar-refractivity contribution < 1.29 is 19.1 Å². The van der Waals surface area contributed by atoms with Gasteiger partial charge in [-0.3, -0.25) is 19.3 Å². The number of fused-ring (bicyclic) bond motifs is 3. The second-order valence-corrected chi connectivity index (χ2v) is 7.04. The molecule has 132 valence electrons. The van der Waals surface area contributed by atoms with Crippen molar-refractivity contribution in [2.75, 3.05) is 18.6 Å². The zero-order valence-electron chi connectivity index (χ0n) is 14.5. The number of nitrogens with zero attached hydrogens (tertiary/aromatic N) is 2. The largest absolute Gasteiger partial charge is 0.468 e. The number of esters is 1. The number of ether oxygens (including phenoxy) is 1. The van der Waals surface area contributed by atoms with Gasteiger partial charge < -0.3 is 4.74 Å². The smallest absolute Gasteiger partial charge is 0.327 e. The molecule has 2 amide bonds. The Kier molecular flexibility index (Phi) is 3.68. The number of carbonyl (C=O) groups excluding carboxylic acids is 3. The van der Waals surface area contributed by atoms with E-state index in [0.717, 1.165) is 19.4 Å². The van der Waals surface area contributed by atoms with E-state index in [2.05, 4.69) is 4.90 Å². The van der Waals surface area contributed by atoms with Gasteiger partial charge in [-0.15, -0.1) is 0 Å². The number of hydrogen-bond donors (Lipinski definition) is 0. The predicted molar refractivity (Wildman–Crippen MR) is 90.7 cm³/mol. The van der Waals surface area contributed by atoms with Crippen LogP contribution in [0.1, 0.15) is 26.2 Å². The Morgan fingerprint density at radius 2 is 1.96 bits per heavy atom. The maximum atomic E-state index is 13.3. The number of rotatable bonds is 3. The van der Waals surface area contributed by atoms with Crippen molar-refractivity contribution in [3.05, 3.63) is 30.3 Å². The van der Waals surface area contributed by atoms with Crippen molar-refractivity contribution in [2.24, 2.45) is 11.8 Å². The standard InChI is InChI=1S/C19H22N2O4/c1-3-13-14-15(19(18(24)25-2)10-7-11-20(13)19)17(23)21(16(14)22)12-8-5-4-6-9-12/h4-6,8-9,13-15H,3,7,10-11H2,1-2H3/t13-,14+,15-,19+/m0/s1. The molecule has 0 unspecified atom stereocenters. The van der Waals surface area contributed by atoms with E-state index in [0.29, 0.717) is 12.1 Å². The molecule has 6 nitrogen and oxygen atoms in total. The molecule has 6 heteroatoms. The molecule has 3 fully saturated rings. The Balaban J connectivity index is 1.84. The van der Waals surface area contributed by atoms with Crippen LogP contribution in [0.5, 0.6) is 0 Å². The highest BCUT2D eigenvalue weighted by Gasteiger charge is 2.72. The summed E-state index contributed by atoms with van der Waals surface area (Å²) in [4.78, 5) is 42.6. The average molecular weight is 342 g/mol. The fraction of sp³-hybridized carbons (Fsp3) is 0.526. The van der Waals surface area contributed by atoms with Crippen LogP contribution >= 0.6 is 0 Å². The Hall–Kier alpha value is -2.21. The van der Waals surface area contributed by atoms with E-state index in [1.165, 1.54) is 12.0 Å². The van der Waals surface area contributed by atoms with Gasteiger partial charge in [-0.1, -0.05) is 25.1 Å². The second-order valence-electron chi connectivity index (χ2n) is 7.04. The molecule has 1 aromatic rings. The first kappa shape index (κ1) is 16.3. The van der Waals surface area contributed by atoms with Crippen molar-refractivity contribution in [3.63, 3.8) is 0 Å². The number of carbonyl (C=O) groups is 3. The van der Waals surface area contributed by atoms with Crippen LogP contribution in [-0.4, -0.2) is 47.9 Å². The monoisotopic (exact) mass is 342 g/mol. The molecule has 3 aliphatic heterocycles. The van der Waals surface area contributed by atoms with Gasteiger partial charge in [0.15, 0.2) is 0 Å². The zero-order valence-corrected chi connectivity index (χ0v) is 14.5. The van der Waals surface area contributed by atoms with Crippen molar-refractivity contribution in [1.82, 2.24) is 4.90 Å². The van der Waals surface area contributed by atoms with Gasteiger partial charge in [0.05, 0.1) is 24.6 Å². The van der Waals surface area contributed by atoms with Gasteiger partial charge >= 0.3 is 5.97 Å². The lowest BCUT2D eigenvalue weighted by Crippen LogP contribution is -2.55. The van der Waals surface area contributed by atoms with Crippen molar-refractivity contribution in [2.45, 2.75) is 37.8 Å². The van der Waals surface area contributed by atoms with E-state index < -0.39 is 17.4 Å². The molecule has 3 aliphatic rings. The summed E-state index contributed by atoms with van der Waals surface area (Å²) in [6, 6.07) is 8.87. The molecule has 4 atom stereocenters. The second kappa shape index (κ2) is 5.66. The molecule has 3 saturated heterocycles. The third-order valence-corrected chi connectivity index (χ3v) is 6.12. The maximum Gasteiger partial charge on any atom is 0.327 e. The zero-order chi connectivity index (χ0) is 17.8. The average Bonchev–Trinajstić information content (AvgIpc) is 3.24. The molecule has 1 aromatic carbocycles. The van der Waals surface area contributed by atoms with Crippen LogP contribution in [0.15, 0.2) is 30.3 Å². The summed E-state index contributed by atoms with van der Waals surface area (Å²) in [5.74, 6) is -1.97. The van der Waals surface area contributed by atoms with E-state index >= 15 is 0 Å². The minimum atomic E-state index is -0.990. The van der Waals surface area contributed by atoms with Gasteiger partial charge in [0.25, 0.3) is 0 Å². The van der Waals surface area contributed by atoms with Gasteiger partial charge in [0.2, 0.25) is 11.8 Å². The van der Waals surface area contributed by atoms with E-state index in [9.17, 15) is 14.4 Å². The van der Waals surface area contributed by atoms with Crippen LogP contribution in [0.25, 0.3) is 0 Å². The summed E-state index contributed by atoms with van der Waals surface area (Å²) in [6.07, 6.45) is 2.13. The van der Waals surface area contributed by atoms with Gasteiger partial charge in [-0.05, 0) is 37.9 Å². The van der Waals surface area contributed by atoms with Gasteiger partial charge in [-0.25, -0.2) is 4.90 Å². The van der Waals surface area contributed by atoms with Gasteiger partial charge in [-0.2, -0.15) is 0 Å². The topological polar surface area (TPSA) is 66.9 Å². The molecular formula is C19H22N2O4. The molecule has 4 rings (SSSR count). The fourth-order valence-corrected chi connectivity index (χ4v) is 5.26. The normalized spacial score (nSPS) is 34.3. The van der Waals surface area contributed by atoms with E-state index in [1.54, 1.807) is 24.3 Å². The first-order valence-electron chi connectivity index (χ1n) is 8.86. The summed E-state index contributed by atoms with van der Waals surface area (Å²) < 4.78 is 5.10. The molecule has 0 aliphatic carbocycles. The van der Waals surface area contributed by atoms with Crippen molar-refractivity contribution in [1.29, 1.82) is 0 Å². The van der Waals surface area contributed by atoms with Crippen LogP contribution in [0.4, 0.5) is 5.69 Å². The fourth-order valence-electron chi connectivity index (χ4n) is 5.26. The number of para-hydroxylation sites is 1. The number of hydrogen-bond acceptors (Lipinski definition) is 5. The van der Waals surface area contributed by atoms with Crippen molar-refractivity contribution in [3.8, 4) is 0 Å². The van der Waals surface area contributed by atoms with Gasteiger partial charge in [0.1, 0.15) is 5.54 Å². The predicted octanol–water partition coefficient (Wildman–Crippen LogP) is 1.59. The Labute approximate surface area is 146 Å². The van der Waals surface area contributed by atoms with E-state index in [4.69, 9.17) is 4.74 Å². The molecule has 25 heavy (non-hydrogen) atoms. The molecular weight excluding hydrogens is 320 g/mol. The first-order chi connectivity index (χ1) is 12.1. The number of anilines is 1. The number of amides is 2. The number of benzene rings is 1. The number of imide groups is 1.